The molecule has 0 saturated carbocycles. The zero-order valence-corrected chi connectivity index (χ0v) is 14.4. The van der Waals surface area contributed by atoms with Crippen LogP contribution in [0.1, 0.15) is 17.4 Å². The molecular formula is C17H13Cl2N3O3. The van der Waals surface area contributed by atoms with E-state index in [1.54, 1.807) is 41.5 Å². The van der Waals surface area contributed by atoms with Crippen LogP contribution in [0, 0.1) is 0 Å². The van der Waals surface area contributed by atoms with Crippen molar-refractivity contribution in [3.8, 4) is 0 Å². The second-order valence-corrected chi connectivity index (χ2v) is 6.65. The molecule has 1 atom stereocenters. The van der Waals surface area contributed by atoms with Gasteiger partial charge >= 0.3 is 6.03 Å². The third-order valence-electron chi connectivity index (χ3n) is 4.22. The second kappa shape index (κ2) is 6.13. The fraction of sp³-hybridized carbons (Fsp3) is 0.176. The van der Waals surface area contributed by atoms with Crippen LogP contribution in [0.25, 0.3) is 0 Å². The summed E-state index contributed by atoms with van der Waals surface area (Å²) in [5.41, 5.74) is 1.80. The highest BCUT2D eigenvalue weighted by atomic mass is 35.5. The van der Waals surface area contributed by atoms with E-state index >= 15 is 0 Å². The first-order valence-corrected chi connectivity index (χ1v) is 8.35. The molecule has 2 aromatic rings. The third kappa shape index (κ3) is 2.88. The maximum atomic E-state index is 12.9. The summed E-state index contributed by atoms with van der Waals surface area (Å²) in [5.74, 6) is 0.522. The van der Waals surface area contributed by atoms with Gasteiger partial charge in [-0.2, -0.15) is 0 Å². The Hall–Kier alpha value is -2.44. The second-order valence-electron chi connectivity index (χ2n) is 5.84. The molecular weight excluding hydrogens is 365 g/mol. The molecule has 0 radical (unpaired) electrons. The Balaban J connectivity index is 1.66. The SMILES string of the molecule is O=C1NC2=C(C(=O)N(Cc3ccco3)C2)[C@@H](c2ccc(Cl)c(Cl)c2)N1. The first-order chi connectivity index (χ1) is 12.0. The number of urea groups is 1. The Morgan fingerprint density at radius 2 is 2.04 bits per heavy atom. The van der Waals surface area contributed by atoms with E-state index < -0.39 is 6.04 Å². The van der Waals surface area contributed by atoms with Crippen LogP contribution < -0.4 is 10.6 Å². The van der Waals surface area contributed by atoms with E-state index in [2.05, 4.69) is 10.6 Å². The van der Waals surface area contributed by atoms with Gasteiger partial charge in [0.15, 0.2) is 0 Å². The number of amides is 3. The van der Waals surface area contributed by atoms with Crippen LogP contribution in [0.15, 0.2) is 52.3 Å². The number of carbonyl (C=O) groups excluding carboxylic acids is 2. The normalized spacial score (nSPS) is 19.8. The van der Waals surface area contributed by atoms with Crippen molar-refractivity contribution in [2.24, 2.45) is 0 Å². The van der Waals surface area contributed by atoms with Crippen molar-refractivity contribution in [1.29, 1.82) is 0 Å². The highest BCUT2D eigenvalue weighted by Gasteiger charge is 2.40. The van der Waals surface area contributed by atoms with Crippen LogP contribution in [-0.4, -0.2) is 23.4 Å². The summed E-state index contributed by atoms with van der Waals surface area (Å²) < 4.78 is 5.31. The fourth-order valence-electron chi connectivity index (χ4n) is 3.09. The topological polar surface area (TPSA) is 74.6 Å². The minimum Gasteiger partial charge on any atom is -0.467 e. The van der Waals surface area contributed by atoms with Crippen molar-refractivity contribution < 1.29 is 14.0 Å². The summed E-state index contributed by atoms with van der Waals surface area (Å²) in [4.78, 5) is 26.5. The Morgan fingerprint density at radius 3 is 2.76 bits per heavy atom. The number of hydrogen-bond acceptors (Lipinski definition) is 3. The van der Waals surface area contributed by atoms with Crippen LogP contribution in [0.3, 0.4) is 0 Å². The number of hydrogen-bond donors (Lipinski definition) is 2. The standard InChI is InChI=1S/C17H13Cl2N3O3/c18-11-4-3-9(6-12(11)19)15-14-13(20-17(24)21-15)8-22(16(14)23)7-10-2-1-5-25-10/h1-6,15H,7-8H2,(H2,20,21,24)/t15-/m1/s1. The smallest absolute Gasteiger partial charge is 0.319 e. The van der Waals surface area contributed by atoms with Gasteiger partial charge in [-0.3, -0.25) is 4.79 Å². The molecule has 3 heterocycles. The number of carbonyl (C=O) groups is 2. The van der Waals surface area contributed by atoms with Gasteiger partial charge in [0.1, 0.15) is 5.76 Å². The predicted molar refractivity (Wildman–Crippen MR) is 92.0 cm³/mol. The van der Waals surface area contributed by atoms with Crippen LogP contribution in [0.4, 0.5) is 4.79 Å². The van der Waals surface area contributed by atoms with Crippen molar-refractivity contribution in [3.63, 3.8) is 0 Å². The molecule has 0 spiro atoms. The van der Waals surface area contributed by atoms with Gasteiger partial charge in [-0.25, -0.2) is 4.79 Å². The molecule has 25 heavy (non-hydrogen) atoms. The van der Waals surface area contributed by atoms with Crippen molar-refractivity contribution in [1.82, 2.24) is 15.5 Å². The largest absolute Gasteiger partial charge is 0.467 e. The number of halogens is 2. The quantitative estimate of drug-likeness (QED) is 0.861. The average molecular weight is 378 g/mol. The molecule has 8 heteroatoms. The van der Waals surface area contributed by atoms with Gasteiger partial charge in [0.2, 0.25) is 0 Å². The number of nitrogens with one attached hydrogen (secondary N) is 2. The minimum atomic E-state index is -0.576. The van der Waals surface area contributed by atoms with E-state index in [1.165, 1.54) is 0 Å². The van der Waals surface area contributed by atoms with Gasteiger partial charge in [-0.05, 0) is 29.8 Å². The monoisotopic (exact) mass is 377 g/mol. The summed E-state index contributed by atoms with van der Waals surface area (Å²) in [7, 11) is 0. The third-order valence-corrected chi connectivity index (χ3v) is 4.96. The van der Waals surface area contributed by atoms with E-state index in [9.17, 15) is 9.59 Å². The van der Waals surface area contributed by atoms with E-state index in [4.69, 9.17) is 27.6 Å². The summed E-state index contributed by atoms with van der Waals surface area (Å²) in [6, 6.07) is 7.69. The van der Waals surface area contributed by atoms with Crippen molar-refractivity contribution >= 4 is 35.1 Å². The lowest BCUT2D eigenvalue weighted by atomic mass is 9.96. The maximum Gasteiger partial charge on any atom is 0.319 e. The zero-order valence-electron chi connectivity index (χ0n) is 12.9. The molecule has 4 rings (SSSR count). The molecule has 0 bridgehead atoms. The van der Waals surface area contributed by atoms with Gasteiger partial charge in [0, 0.05) is 0 Å². The summed E-state index contributed by atoms with van der Waals surface area (Å²) in [6.07, 6.45) is 1.56. The number of benzene rings is 1. The molecule has 0 unspecified atom stereocenters. The molecule has 2 N–H and O–H groups in total. The van der Waals surface area contributed by atoms with E-state index in [1.807, 2.05) is 0 Å². The van der Waals surface area contributed by atoms with Crippen LogP contribution >= 0.6 is 23.2 Å². The zero-order chi connectivity index (χ0) is 17.6. The molecule has 6 nitrogen and oxygen atoms in total. The van der Waals surface area contributed by atoms with E-state index in [-0.39, 0.29) is 11.9 Å². The number of rotatable bonds is 3. The Bertz CT molecular complexity index is 893. The van der Waals surface area contributed by atoms with E-state index in [0.29, 0.717) is 45.7 Å². The fourth-order valence-corrected chi connectivity index (χ4v) is 3.40. The lowest BCUT2D eigenvalue weighted by Crippen LogP contribution is -2.44. The van der Waals surface area contributed by atoms with Crippen molar-refractivity contribution in [3.05, 3.63) is 69.2 Å². The summed E-state index contributed by atoms with van der Waals surface area (Å²) in [5, 5.41) is 6.28. The molecule has 2 aliphatic heterocycles. The highest BCUT2D eigenvalue weighted by Crippen LogP contribution is 2.35. The summed E-state index contributed by atoms with van der Waals surface area (Å²) >= 11 is 12.0. The minimum absolute atomic E-state index is 0.157. The molecule has 1 aromatic carbocycles. The van der Waals surface area contributed by atoms with Gasteiger partial charge < -0.3 is 20.0 Å². The molecule has 2 aliphatic rings. The van der Waals surface area contributed by atoms with Gasteiger partial charge in [0.25, 0.3) is 5.91 Å². The summed E-state index contributed by atoms with van der Waals surface area (Å²) in [6.45, 7) is 0.656. The predicted octanol–water partition coefficient (Wildman–Crippen LogP) is 3.24. The van der Waals surface area contributed by atoms with Crippen LogP contribution in [0.5, 0.6) is 0 Å². The molecule has 3 amide bonds. The first-order valence-electron chi connectivity index (χ1n) is 7.60. The van der Waals surface area contributed by atoms with Crippen molar-refractivity contribution in [2.45, 2.75) is 12.6 Å². The lowest BCUT2D eigenvalue weighted by Gasteiger charge is -2.25. The first kappa shape index (κ1) is 16.1. The lowest BCUT2D eigenvalue weighted by molar-refractivity contribution is -0.126. The van der Waals surface area contributed by atoms with E-state index in [0.717, 1.165) is 0 Å². The molecule has 0 fully saturated rings. The maximum absolute atomic E-state index is 12.9. The Morgan fingerprint density at radius 1 is 1.20 bits per heavy atom. The molecule has 0 aliphatic carbocycles. The van der Waals surface area contributed by atoms with Gasteiger partial charge in [-0.1, -0.05) is 29.3 Å². The molecule has 0 saturated heterocycles. The van der Waals surface area contributed by atoms with Crippen molar-refractivity contribution in [2.75, 3.05) is 6.54 Å². The van der Waals surface area contributed by atoms with Crippen LogP contribution in [-0.2, 0) is 11.3 Å². The van der Waals surface area contributed by atoms with Gasteiger partial charge in [0.05, 0.1) is 46.7 Å². The Kier molecular flexibility index (Phi) is 3.94. The molecule has 1 aromatic heterocycles. The highest BCUT2D eigenvalue weighted by molar-refractivity contribution is 6.42. The number of furan rings is 1. The average Bonchev–Trinajstić information content (AvgIpc) is 3.18. The van der Waals surface area contributed by atoms with Crippen LogP contribution in [0.2, 0.25) is 10.0 Å². The van der Waals surface area contributed by atoms with Gasteiger partial charge in [-0.15, -0.1) is 0 Å². The Labute approximate surface area is 153 Å². The molecule has 128 valence electrons. The number of nitrogens with zero attached hydrogens (tertiary/aromatic N) is 1.